The van der Waals surface area contributed by atoms with E-state index in [1.807, 2.05) is 0 Å². The molecule has 0 atom stereocenters. The molecule has 0 aliphatic carbocycles. The highest BCUT2D eigenvalue weighted by Gasteiger charge is 2.16. The maximum atomic E-state index is 13.2. The molecule has 1 aromatic carbocycles. The molecule has 0 bridgehead atoms. The van der Waals surface area contributed by atoms with Crippen molar-refractivity contribution in [1.82, 2.24) is 9.97 Å². The zero-order chi connectivity index (χ0) is 15.0. The summed E-state index contributed by atoms with van der Waals surface area (Å²) in [5, 5.41) is 9.98. The van der Waals surface area contributed by atoms with Crippen LogP contribution in [0.5, 0.6) is 5.88 Å². The molecule has 0 spiro atoms. The molecule has 2 aromatic heterocycles. The van der Waals surface area contributed by atoms with E-state index in [0.717, 1.165) is 6.07 Å². The van der Waals surface area contributed by atoms with Crippen LogP contribution in [0.15, 0.2) is 50.3 Å². The van der Waals surface area contributed by atoms with E-state index in [4.69, 9.17) is 4.42 Å². The van der Waals surface area contributed by atoms with Crippen molar-refractivity contribution >= 4 is 15.9 Å². The van der Waals surface area contributed by atoms with Crippen molar-refractivity contribution in [3.05, 3.63) is 57.2 Å². The van der Waals surface area contributed by atoms with Crippen LogP contribution in [0.4, 0.5) is 4.39 Å². The maximum absolute atomic E-state index is 13.2. The number of nitrogens with one attached hydrogen (secondary N) is 1. The van der Waals surface area contributed by atoms with Crippen molar-refractivity contribution in [3.8, 4) is 28.6 Å². The summed E-state index contributed by atoms with van der Waals surface area (Å²) < 4.78 is 19.0. The van der Waals surface area contributed by atoms with Gasteiger partial charge in [-0.25, -0.2) is 4.39 Å². The lowest BCUT2D eigenvalue weighted by molar-refractivity contribution is 0.452. The molecule has 3 rings (SSSR count). The van der Waals surface area contributed by atoms with E-state index in [2.05, 4.69) is 25.9 Å². The molecule has 106 valence electrons. The lowest BCUT2D eigenvalue weighted by Crippen LogP contribution is -2.12. The number of hydrogen-bond donors (Lipinski definition) is 2. The fraction of sp³-hybridized carbons (Fsp3) is 0. The summed E-state index contributed by atoms with van der Waals surface area (Å²) in [6.45, 7) is 0. The Hall–Kier alpha value is -2.41. The van der Waals surface area contributed by atoms with E-state index in [1.165, 1.54) is 18.2 Å². The predicted molar refractivity (Wildman–Crippen MR) is 77.3 cm³/mol. The summed E-state index contributed by atoms with van der Waals surface area (Å²) in [5.74, 6) is -0.624. The molecule has 21 heavy (non-hydrogen) atoms. The number of nitrogens with zero attached hydrogens (tertiary/aromatic N) is 1. The fourth-order valence-electron chi connectivity index (χ4n) is 1.92. The highest BCUT2D eigenvalue weighted by Crippen LogP contribution is 2.27. The lowest BCUT2D eigenvalue weighted by atomic mass is 10.1. The van der Waals surface area contributed by atoms with Crippen LogP contribution in [0.2, 0.25) is 0 Å². The first-order valence-corrected chi connectivity index (χ1v) is 6.69. The summed E-state index contributed by atoms with van der Waals surface area (Å²) in [4.78, 5) is 18.5. The monoisotopic (exact) mass is 350 g/mol. The van der Waals surface area contributed by atoms with Gasteiger partial charge in [0.2, 0.25) is 5.88 Å². The van der Waals surface area contributed by atoms with Crippen molar-refractivity contribution in [2.75, 3.05) is 0 Å². The fourth-order valence-corrected chi connectivity index (χ4v) is 2.23. The van der Waals surface area contributed by atoms with E-state index in [1.54, 1.807) is 12.1 Å². The topological polar surface area (TPSA) is 79.1 Å². The molecule has 0 fully saturated rings. The van der Waals surface area contributed by atoms with Gasteiger partial charge in [-0.05, 0) is 45.8 Å². The Bertz CT molecular complexity index is 873. The second kappa shape index (κ2) is 5.17. The Kier molecular flexibility index (Phi) is 3.34. The average Bonchev–Trinajstić information content (AvgIpc) is 2.85. The number of rotatable bonds is 2. The highest BCUT2D eigenvalue weighted by atomic mass is 79.9. The molecule has 7 heteroatoms. The second-order valence-electron chi connectivity index (χ2n) is 4.23. The summed E-state index contributed by atoms with van der Waals surface area (Å²) in [5.41, 5.74) is -0.437. The summed E-state index contributed by atoms with van der Waals surface area (Å²) >= 11 is 3.13. The van der Waals surface area contributed by atoms with Crippen LogP contribution in [0.1, 0.15) is 0 Å². The van der Waals surface area contributed by atoms with Crippen LogP contribution in [-0.2, 0) is 0 Å². The highest BCUT2D eigenvalue weighted by molar-refractivity contribution is 9.10. The van der Waals surface area contributed by atoms with Crippen molar-refractivity contribution in [2.24, 2.45) is 0 Å². The third-order valence-corrected chi connectivity index (χ3v) is 3.25. The summed E-state index contributed by atoms with van der Waals surface area (Å²) in [6.07, 6.45) is 0. The van der Waals surface area contributed by atoms with Crippen LogP contribution < -0.4 is 5.56 Å². The molecule has 3 aromatic rings. The largest absolute Gasteiger partial charge is 0.493 e. The van der Waals surface area contributed by atoms with E-state index < -0.39 is 17.3 Å². The van der Waals surface area contributed by atoms with Crippen LogP contribution in [-0.4, -0.2) is 15.1 Å². The first kappa shape index (κ1) is 13.6. The molecular formula is C14H8BrFN2O3. The van der Waals surface area contributed by atoms with E-state index in [9.17, 15) is 14.3 Å². The minimum absolute atomic E-state index is 0.0864. The van der Waals surface area contributed by atoms with Gasteiger partial charge in [0.25, 0.3) is 5.56 Å². The molecule has 0 radical (unpaired) electrons. The first-order chi connectivity index (χ1) is 10.0. The van der Waals surface area contributed by atoms with Crippen LogP contribution in [0.3, 0.4) is 0 Å². The summed E-state index contributed by atoms with van der Waals surface area (Å²) in [6, 6.07) is 8.57. The van der Waals surface area contributed by atoms with Crippen LogP contribution in [0, 0.1) is 5.82 Å². The van der Waals surface area contributed by atoms with Crippen LogP contribution in [0.25, 0.3) is 22.7 Å². The minimum atomic E-state index is -0.587. The van der Waals surface area contributed by atoms with Crippen molar-refractivity contribution in [3.63, 3.8) is 0 Å². The Morgan fingerprint density at radius 2 is 2.10 bits per heavy atom. The Labute approximate surface area is 126 Å². The number of hydrogen-bond acceptors (Lipinski definition) is 4. The van der Waals surface area contributed by atoms with E-state index >= 15 is 0 Å². The number of aromatic nitrogens is 2. The van der Waals surface area contributed by atoms with E-state index in [0.29, 0.717) is 10.4 Å². The van der Waals surface area contributed by atoms with Gasteiger partial charge in [0, 0.05) is 0 Å². The van der Waals surface area contributed by atoms with Gasteiger partial charge in [0.05, 0.1) is 0 Å². The molecule has 0 saturated heterocycles. The normalized spacial score (nSPS) is 10.8. The van der Waals surface area contributed by atoms with Gasteiger partial charge in [-0.1, -0.05) is 12.1 Å². The number of furan rings is 1. The van der Waals surface area contributed by atoms with Crippen molar-refractivity contribution in [1.29, 1.82) is 0 Å². The number of H-pyrrole nitrogens is 1. The number of aromatic hydroxyl groups is 1. The third kappa shape index (κ3) is 2.59. The molecule has 0 amide bonds. The predicted octanol–water partition coefficient (Wildman–Crippen LogP) is 3.30. The van der Waals surface area contributed by atoms with Gasteiger partial charge in [-0.15, -0.1) is 0 Å². The van der Waals surface area contributed by atoms with Gasteiger partial charge in [-0.2, -0.15) is 4.98 Å². The maximum Gasteiger partial charge on any atom is 0.263 e. The van der Waals surface area contributed by atoms with Gasteiger partial charge in [-0.3, -0.25) is 4.79 Å². The van der Waals surface area contributed by atoms with Gasteiger partial charge in [0.1, 0.15) is 11.4 Å². The second-order valence-corrected chi connectivity index (χ2v) is 5.01. The number of benzene rings is 1. The van der Waals surface area contributed by atoms with Gasteiger partial charge in [0.15, 0.2) is 16.3 Å². The number of halogens is 2. The average molecular weight is 351 g/mol. The zero-order valence-electron chi connectivity index (χ0n) is 10.4. The molecule has 0 saturated carbocycles. The molecule has 2 N–H and O–H groups in total. The molecule has 0 aliphatic rings. The first-order valence-electron chi connectivity index (χ1n) is 5.89. The summed E-state index contributed by atoms with van der Waals surface area (Å²) in [7, 11) is 0. The van der Waals surface area contributed by atoms with Gasteiger partial charge < -0.3 is 14.5 Å². The SMILES string of the molecule is O=c1[nH]c(-c2ccc(Br)o2)nc(O)c1-c1cccc(F)c1. The Morgan fingerprint density at radius 3 is 2.71 bits per heavy atom. The molecule has 0 unspecified atom stereocenters. The Morgan fingerprint density at radius 1 is 1.29 bits per heavy atom. The van der Waals surface area contributed by atoms with Crippen LogP contribution >= 0.6 is 15.9 Å². The molecule has 0 aliphatic heterocycles. The van der Waals surface area contributed by atoms with Crippen molar-refractivity contribution < 1.29 is 13.9 Å². The minimum Gasteiger partial charge on any atom is -0.493 e. The Balaban J connectivity index is 2.15. The molecule has 5 nitrogen and oxygen atoms in total. The molecule has 2 heterocycles. The zero-order valence-corrected chi connectivity index (χ0v) is 12.0. The standard InChI is InChI=1S/C14H8BrFN2O3/c15-10-5-4-9(21-10)12-17-13(19)11(14(20)18-12)7-2-1-3-8(16)6-7/h1-6H,(H2,17,18,19,20). The lowest BCUT2D eigenvalue weighted by Gasteiger charge is -2.05. The molecular weight excluding hydrogens is 343 g/mol. The van der Waals surface area contributed by atoms with Gasteiger partial charge >= 0.3 is 0 Å². The smallest absolute Gasteiger partial charge is 0.263 e. The quantitative estimate of drug-likeness (QED) is 0.743. The number of aromatic amines is 1. The van der Waals surface area contributed by atoms with E-state index in [-0.39, 0.29) is 17.0 Å². The third-order valence-electron chi connectivity index (χ3n) is 2.82. The van der Waals surface area contributed by atoms with Crippen molar-refractivity contribution in [2.45, 2.75) is 0 Å².